The van der Waals surface area contributed by atoms with Crippen molar-refractivity contribution in [2.75, 3.05) is 18.0 Å². The number of ether oxygens (including phenoxy) is 1. The Hall–Kier alpha value is -2.84. The maximum Gasteiger partial charge on any atom is 0.573 e. The molecule has 1 aromatic carbocycles. The molecule has 0 atom stereocenters. The standard InChI is InChI=1S/C20H23F3N4O2/c1-12-10-15(4-5-18(12)29-20(21,22)23)17-11-19(25-13(2)24-17)27-8-6-16(7-9-27)26-14(3)28/h4-5,10-11,16H,6-9H2,1-3H3,(H,26,28). The first-order chi connectivity index (χ1) is 13.6. The topological polar surface area (TPSA) is 67.4 Å². The number of benzene rings is 1. The summed E-state index contributed by atoms with van der Waals surface area (Å²) in [6.07, 6.45) is -3.09. The lowest BCUT2D eigenvalue weighted by molar-refractivity contribution is -0.274. The van der Waals surface area contributed by atoms with Gasteiger partial charge in [0, 0.05) is 37.7 Å². The number of carbonyl (C=O) groups excluding carboxylic acids is 1. The molecule has 1 aromatic heterocycles. The minimum absolute atomic E-state index is 0.0306. The van der Waals surface area contributed by atoms with Crippen LogP contribution in [-0.4, -0.2) is 41.4 Å². The minimum Gasteiger partial charge on any atom is -0.406 e. The summed E-state index contributed by atoms with van der Waals surface area (Å²) < 4.78 is 41.5. The van der Waals surface area contributed by atoms with E-state index in [4.69, 9.17) is 0 Å². The third-order valence-electron chi connectivity index (χ3n) is 4.75. The van der Waals surface area contributed by atoms with Gasteiger partial charge in [0.25, 0.3) is 0 Å². The minimum atomic E-state index is -4.73. The Morgan fingerprint density at radius 3 is 2.45 bits per heavy atom. The van der Waals surface area contributed by atoms with E-state index in [1.807, 2.05) is 6.07 Å². The Balaban J connectivity index is 1.79. The van der Waals surface area contributed by atoms with Crippen LogP contribution in [0.1, 0.15) is 31.2 Å². The van der Waals surface area contributed by atoms with Crippen LogP contribution in [0.5, 0.6) is 5.75 Å². The number of amides is 1. The van der Waals surface area contributed by atoms with Crippen LogP contribution in [0.4, 0.5) is 19.0 Å². The average molecular weight is 408 g/mol. The Kier molecular flexibility index (Phi) is 5.95. The van der Waals surface area contributed by atoms with Gasteiger partial charge in [0.1, 0.15) is 17.4 Å². The first-order valence-corrected chi connectivity index (χ1v) is 9.35. The summed E-state index contributed by atoms with van der Waals surface area (Å²) in [5.74, 6) is 1.08. The molecule has 1 aliphatic rings. The third kappa shape index (κ3) is 5.58. The molecule has 1 aliphatic heterocycles. The zero-order chi connectivity index (χ0) is 21.2. The number of nitrogens with one attached hydrogen (secondary N) is 1. The zero-order valence-corrected chi connectivity index (χ0v) is 16.5. The summed E-state index contributed by atoms with van der Waals surface area (Å²) in [4.78, 5) is 22.3. The predicted octanol–water partition coefficient (Wildman–Crippen LogP) is 3.76. The number of aromatic nitrogens is 2. The molecule has 9 heteroatoms. The van der Waals surface area contributed by atoms with Crippen molar-refractivity contribution in [1.82, 2.24) is 15.3 Å². The maximum atomic E-state index is 12.5. The SMILES string of the molecule is CC(=O)NC1CCN(c2cc(-c3ccc(OC(F)(F)F)c(C)c3)nc(C)n2)CC1. The number of anilines is 1. The molecule has 0 unspecified atom stereocenters. The first-order valence-electron chi connectivity index (χ1n) is 9.35. The van der Waals surface area contributed by atoms with Crippen LogP contribution in [0.2, 0.25) is 0 Å². The largest absolute Gasteiger partial charge is 0.573 e. The van der Waals surface area contributed by atoms with Crippen LogP contribution in [0, 0.1) is 13.8 Å². The molecule has 3 rings (SSSR count). The molecule has 2 heterocycles. The number of alkyl halides is 3. The van der Waals surface area contributed by atoms with Gasteiger partial charge in [-0.2, -0.15) is 0 Å². The molecule has 0 aliphatic carbocycles. The Morgan fingerprint density at radius 1 is 1.17 bits per heavy atom. The fourth-order valence-corrected chi connectivity index (χ4v) is 3.45. The zero-order valence-electron chi connectivity index (χ0n) is 16.5. The average Bonchev–Trinajstić information content (AvgIpc) is 2.62. The van der Waals surface area contributed by atoms with Crippen molar-refractivity contribution in [2.24, 2.45) is 0 Å². The van der Waals surface area contributed by atoms with Crippen LogP contribution in [0.3, 0.4) is 0 Å². The first kappa shape index (κ1) is 20.9. The summed E-state index contributed by atoms with van der Waals surface area (Å²) in [6.45, 7) is 6.35. The molecule has 0 radical (unpaired) electrons. The van der Waals surface area contributed by atoms with E-state index in [0.717, 1.165) is 31.7 Å². The molecule has 2 aromatic rings. The van der Waals surface area contributed by atoms with Gasteiger partial charge in [-0.3, -0.25) is 4.79 Å². The summed E-state index contributed by atoms with van der Waals surface area (Å²) >= 11 is 0. The molecular formula is C20H23F3N4O2. The summed E-state index contributed by atoms with van der Waals surface area (Å²) in [6, 6.07) is 6.48. The number of halogens is 3. The number of nitrogens with zero attached hydrogens (tertiary/aromatic N) is 3. The van der Waals surface area contributed by atoms with Gasteiger partial charge in [-0.05, 0) is 50.5 Å². The summed E-state index contributed by atoms with van der Waals surface area (Å²) in [5.41, 5.74) is 1.70. The molecule has 1 amide bonds. The van der Waals surface area contributed by atoms with Gasteiger partial charge in [0.15, 0.2) is 0 Å². The van der Waals surface area contributed by atoms with Gasteiger partial charge in [0.2, 0.25) is 5.91 Å². The smallest absolute Gasteiger partial charge is 0.406 e. The summed E-state index contributed by atoms with van der Waals surface area (Å²) in [7, 11) is 0. The van der Waals surface area contributed by atoms with E-state index < -0.39 is 6.36 Å². The van der Waals surface area contributed by atoms with Crippen LogP contribution in [-0.2, 0) is 4.79 Å². The Bertz CT molecular complexity index is 894. The fourth-order valence-electron chi connectivity index (χ4n) is 3.45. The van der Waals surface area contributed by atoms with Gasteiger partial charge in [-0.25, -0.2) is 9.97 Å². The highest BCUT2D eigenvalue weighted by atomic mass is 19.4. The van der Waals surface area contributed by atoms with Crippen LogP contribution < -0.4 is 15.0 Å². The predicted molar refractivity (Wildman–Crippen MR) is 103 cm³/mol. The Labute approximate surface area is 167 Å². The van der Waals surface area contributed by atoms with E-state index in [0.29, 0.717) is 22.6 Å². The molecular weight excluding hydrogens is 385 g/mol. The second-order valence-corrected chi connectivity index (χ2v) is 7.15. The van der Waals surface area contributed by atoms with E-state index in [9.17, 15) is 18.0 Å². The second-order valence-electron chi connectivity index (χ2n) is 7.15. The van der Waals surface area contributed by atoms with Gasteiger partial charge < -0.3 is 15.0 Å². The number of piperidine rings is 1. The van der Waals surface area contributed by atoms with Crippen LogP contribution in [0.15, 0.2) is 24.3 Å². The molecule has 156 valence electrons. The number of rotatable bonds is 4. The van der Waals surface area contributed by atoms with Crippen LogP contribution in [0.25, 0.3) is 11.3 Å². The molecule has 0 saturated carbocycles. The molecule has 0 bridgehead atoms. The van der Waals surface area contributed by atoms with E-state index in [1.54, 1.807) is 26.0 Å². The lowest BCUT2D eigenvalue weighted by Crippen LogP contribution is -2.44. The molecule has 29 heavy (non-hydrogen) atoms. The lowest BCUT2D eigenvalue weighted by Gasteiger charge is -2.33. The molecule has 1 N–H and O–H groups in total. The van der Waals surface area contributed by atoms with Crippen molar-refractivity contribution in [3.05, 3.63) is 35.7 Å². The lowest BCUT2D eigenvalue weighted by atomic mass is 10.0. The molecule has 1 fully saturated rings. The monoisotopic (exact) mass is 408 g/mol. The van der Waals surface area contributed by atoms with Gasteiger partial charge in [-0.15, -0.1) is 13.2 Å². The van der Waals surface area contributed by atoms with E-state index in [-0.39, 0.29) is 17.7 Å². The fraction of sp³-hybridized carbons (Fsp3) is 0.450. The van der Waals surface area contributed by atoms with Crippen molar-refractivity contribution < 1.29 is 22.7 Å². The van der Waals surface area contributed by atoms with Crippen molar-refractivity contribution in [2.45, 2.75) is 46.0 Å². The third-order valence-corrected chi connectivity index (χ3v) is 4.75. The van der Waals surface area contributed by atoms with E-state index in [1.165, 1.54) is 13.0 Å². The van der Waals surface area contributed by atoms with Crippen molar-refractivity contribution >= 4 is 11.7 Å². The molecule has 0 spiro atoms. The van der Waals surface area contributed by atoms with Crippen molar-refractivity contribution in [3.8, 4) is 17.0 Å². The van der Waals surface area contributed by atoms with Crippen LogP contribution >= 0.6 is 0 Å². The highest BCUT2D eigenvalue weighted by molar-refractivity contribution is 5.73. The normalized spacial score (nSPS) is 15.3. The number of aryl methyl sites for hydroxylation is 2. The summed E-state index contributed by atoms with van der Waals surface area (Å²) in [5, 5.41) is 2.94. The Morgan fingerprint density at radius 2 is 1.86 bits per heavy atom. The quantitative estimate of drug-likeness (QED) is 0.834. The highest BCUT2D eigenvalue weighted by Crippen LogP contribution is 2.31. The molecule has 1 saturated heterocycles. The van der Waals surface area contributed by atoms with Gasteiger partial charge in [0.05, 0.1) is 5.69 Å². The van der Waals surface area contributed by atoms with E-state index >= 15 is 0 Å². The maximum absolute atomic E-state index is 12.5. The van der Waals surface area contributed by atoms with Gasteiger partial charge >= 0.3 is 6.36 Å². The number of carbonyl (C=O) groups is 1. The molecule has 6 nitrogen and oxygen atoms in total. The highest BCUT2D eigenvalue weighted by Gasteiger charge is 2.31. The van der Waals surface area contributed by atoms with Gasteiger partial charge in [-0.1, -0.05) is 0 Å². The number of hydrogen-bond acceptors (Lipinski definition) is 5. The van der Waals surface area contributed by atoms with Crippen molar-refractivity contribution in [1.29, 1.82) is 0 Å². The van der Waals surface area contributed by atoms with Crippen molar-refractivity contribution in [3.63, 3.8) is 0 Å². The number of hydrogen-bond donors (Lipinski definition) is 1. The van der Waals surface area contributed by atoms with E-state index in [2.05, 4.69) is 24.9 Å². The second kappa shape index (κ2) is 8.26.